The Morgan fingerprint density at radius 1 is 1.43 bits per heavy atom. The van der Waals surface area contributed by atoms with E-state index in [4.69, 9.17) is 5.73 Å². The fourth-order valence-electron chi connectivity index (χ4n) is 1.61. The summed E-state index contributed by atoms with van der Waals surface area (Å²) in [5.41, 5.74) is 6.12. The Balaban J connectivity index is 2.41. The van der Waals surface area contributed by atoms with E-state index in [1.54, 1.807) is 0 Å². The van der Waals surface area contributed by atoms with E-state index >= 15 is 0 Å². The molecular weight excluding hydrogens is 174 g/mol. The number of hydrogen-bond acceptors (Lipinski definition) is 3. The molecule has 1 aliphatic heterocycles. The van der Waals surface area contributed by atoms with Crippen molar-refractivity contribution in [3.8, 4) is 0 Å². The lowest BCUT2D eigenvalue weighted by Gasteiger charge is -2.31. The van der Waals surface area contributed by atoms with Crippen LogP contribution in [0.5, 0.6) is 0 Å². The van der Waals surface area contributed by atoms with Crippen molar-refractivity contribution in [2.45, 2.75) is 39.4 Å². The third-order valence-corrected chi connectivity index (χ3v) is 3.36. The van der Waals surface area contributed by atoms with Crippen molar-refractivity contribution in [1.82, 2.24) is 9.80 Å². The molecule has 0 saturated carbocycles. The van der Waals surface area contributed by atoms with Crippen LogP contribution in [0.1, 0.15) is 27.2 Å². The number of nitrogens with two attached hydrogens (primary N) is 1. The zero-order chi connectivity index (χ0) is 10.7. The molecule has 3 atom stereocenters. The molecule has 0 spiro atoms. The van der Waals surface area contributed by atoms with E-state index in [0.29, 0.717) is 12.1 Å². The average Bonchev–Trinajstić information content (AvgIpc) is 2.48. The van der Waals surface area contributed by atoms with Gasteiger partial charge in [0.15, 0.2) is 0 Å². The molecule has 82 valence electrons. The molecule has 1 aliphatic rings. The van der Waals surface area contributed by atoms with E-state index in [1.165, 1.54) is 0 Å². The molecule has 1 heterocycles. The largest absolute Gasteiger partial charge is 0.359 e. The van der Waals surface area contributed by atoms with Crippen molar-refractivity contribution in [2.75, 3.05) is 13.6 Å². The molecule has 0 aromatic rings. The van der Waals surface area contributed by atoms with Crippen LogP contribution < -0.4 is 5.73 Å². The summed E-state index contributed by atoms with van der Waals surface area (Å²) in [5.74, 6) is 0.599. The quantitative estimate of drug-likeness (QED) is 0.740. The molecule has 0 fully saturated rings. The predicted molar refractivity (Wildman–Crippen MR) is 60.5 cm³/mol. The van der Waals surface area contributed by atoms with Crippen molar-refractivity contribution in [3.05, 3.63) is 12.4 Å². The van der Waals surface area contributed by atoms with E-state index in [0.717, 1.165) is 13.0 Å². The summed E-state index contributed by atoms with van der Waals surface area (Å²) in [5, 5.41) is 0. The van der Waals surface area contributed by atoms with Crippen LogP contribution in [-0.4, -0.2) is 35.6 Å². The summed E-state index contributed by atoms with van der Waals surface area (Å²) < 4.78 is 0. The maximum absolute atomic E-state index is 6.12. The first kappa shape index (κ1) is 11.4. The molecule has 0 aliphatic carbocycles. The van der Waals surface area contributed by atoms with Gasteiger partial charge < -0.3 is 15.5 Å². The van der Waals surface area contributed by atoms with Crippen LogP contribution in [0.2, 0.25) is 0 Å². The second kappa shape index (κ2) is 4.69. The SMILES string of the molecule is CCC(C)[C@H](N)CN1C=CN(C)C1C. The van der Waals surface area contributed by atoms with Crippen LogP contribution in [0.4, 0.5) is 0 Å². The summed E-state index contributed by atoms with van der Waals surface area (Å²) >= 11 is 0. The summed E-state index contributed by atoms with van der Waals surface area (Å²) in [7, 11) is 2.09. The molecule has 2 N–H and O–H groups in total. The summed E-state index contributed by atoms with van der Waals surface area (Å²) in [6.07, 6.45) is 5.84. The Bertz CT molecular complexity index is 203. The number of rotatable bonds is 4. The maximum Gasteiger partial charge on any atom is 0.0975 e. The van der Waals surface area contributed by atoms with Crippen LogP contribution in [-0.2, 0) is 0 Å². The normalized spacial score (nSPS) is 25.6. The van der Waals surface area contributed by atoms with Crippen LogP contribution in [0.25, 0.3) is 0 Å². The second-order valence-corrected chi connectivity index (χ2v) is 4.34. The highest BCUT2D eigenvalue weighted by atomic mass is 15.4. The first-order valence-electron chi connectivity index (χ1n) is 5.47. The van der Waals surface area contributed by atoms with Gasteiger partial charge in [-0.2, -0.15) is 0 Å². The molecule has 0 saturated heterocycles. The van der Waals surface area contributed by atoms with Gasteiger partial charge in [0, 0.05) is 32.0 Å². The lowest BCUT2D eigenvalue weighted by Crippen LogP contribution is -2.43. The lowest BCUT2D eigenvalue weighted by atomic mass is 10.00. The number of hydrogen-bond donors (Lipinski definition) is 1. The Kier molecular flexibility index (Phi) is 3.81. The zero-order valence-electron chi connectivity index (χ0n) is 9.77. The smallest absolute Gasteiger partial charge is 0.0975 e. The van der Waals surface area contributed by atoms with Gasteiger partial charge >= 0.3 is 0 Å². The molecule has 0 bridgehead atoms. The van der Waals surface area contributed by atoms with Gasteiger partial charge in [-0.25, -0.2) is 0 Å². The lowest BCUT2D eigenvalue weighted by molar-refractivity contribution is 0.175. The van der Waals surface area contributed by atoms with Gasteiger partial charge in [0.1, 0.15) is 0 Å². The van der Waals surface area contributed by atoms with Gasteiger partial charge in [0.25, 0.3) is 0 Å². The van der Waals surface area contributed by atoms with Crippen LogP contribution in [0.3, 0.4) is 0 Å². The number of nitrogens with zero attached hydrogens (tertiary/aromatic N) is 2. The van der Waals surface area contributed by atoms with Crippen molar-refractivity contribution in [1.29, 1.82) is 0 Å². The molecule has 0 radical (unpaired) electrons. The van der Waals surface area contributed by atoms with Crippen molar-refractivity contribution < 1.29 is 0 Å². The highest BCUT2D eigenvalue weighted by Gasteiger charge is 2.22. The van der Waals surface area contributed by atoms with Gasteiger partial charge in [0.05, 0.1) is 6.17 Å². The topological polar surface area (TPSA) is 32.5 Å². The van der Waals surface area contributed by atoms with Gasteiger partial charge in [0.2, 0.25) is 0 Å². The maximum atomic E-state index is 6.12. The van der Waals surface area contributed by atoms with Crippen LogP contribution in [0, 0.1) is 5.92 Å². The first-order chi connectivity index (χ1) is 6.56. The van der Waals surface area contributed by atoms with Crippen LogP contribution in [0.15, 0.2) is 12.4 Å². The molecule has 3 heteroatoms. The highest BCUT2D eigenvalue weighted by molar-refractivity contribution is 4.95. The summed E-state index contributed by atoms with van der Waals surface area (Å²) in [6, 6.07) is 0.276. The predicted octanol–water partition coefficient (Wildman–Crippen LogP) is 1.42. The molecule has 0 amide bonds. The first-order valence-corrected chi connectivity index (χ1v) is 5.47. The van der Waals surface area contributed by atoms with Crippen molar-refractivity contribution in [2.24, 2.45) is 11.7 Å². The third-order valence-electron chi connectivity index (χ3n) is 3.36. The Morgan fingerprint density at radius 2 is 2.07 bits per heavy atom. The van der Waals surface area contributed by atoms with E-state index in [9.17, 15) is 0 Å². The van der Waals surface area contributed by atoms with E-state index in [1.807, 2.05) is 0 Å². The molecule has 14 heavy (non-hydrogen) atoms. The van der Waals surface area contributed by atoms with E-state index in [2.05, 4.69) is 50.0 Å². The van der Waals surface area contributed by atoms with Gasteiger partial charge in [-0.1, -0.05) is 20.3 Å². The fourth-order valence-corrected chi connectivity index (χ4v) is 1.61. The zero-order valence-corrected chi connectivity index (χ0v) is 9.77. The molecule has 0 aromatic carbocycles. The molecular formula is C11H23N3. The summed E-state index contributed by atoms with van der Waals surface area (Å²) in [4.78, 5) is 4.50. The van der Waals surface area contributed by atoms with Crippen molar-refractivity contribution >= 4 is 0 Å². The van der Waals surface area contributed by atoms with E-state index < -0.39 is 0 Å². The van der Waals surface area contributed by atoms with Crippen molar-refractivity contribution in [3.63, 3.8) is 0 Å². The van der Waals surface area contributed by atoms with Gasteiger partial charge in [-0.05, 0) is 12.8 Å². The average molecular weight is 197 g/mol. The molecule has 1 rings (SSSR count). The Labute approximate surface area is 87.6 Å². The Hall–Kier alpha value is -0.700. The minimum atomic E-state index is 0.276. The second-order valence-electron chi connectivity index (χ2n) is 4.34. The molecule has 3 nitrogen and oxygen atoms in total. The minimum absolute atomic E-state index is 0.276. The molecule has 2 unspecified atom stereocenters. The monoisotopic (exact) mass is 197 g/mol. The van der Waals surface area contributed by atoms with E-state index in [-0.39, 0.29) is 6.04 Å². The summed E-state index contributed by atoms with van der Waals surface area (Å²) in [6.45, 7) is 7.57. The standard InChI is InChI=1S/C11H23N3/c1-5-9(2)11(12)8-14-7-6-13(4)10(14)3/h6-7,9-11H,5,8,12H2,1-4H3/t9?,10?,11-/m1/s1. The van der Waals surface area contributed by atoms with Gasteiger partial charge in [-0.15, -0.1) is 0 Å². The molecule has 0 aromatic heterocycles. The van der Waals surface area contributed by atoms with Gasteiger partial charge in [-0.3, -0.25) is 0 Å². The Morgan fingerprint density at radius 3 is 2.50 bits per heavy atom. The minimum Gasteiger partial charge on any atom is -0.359 e. The van der Waals surface area contributed by atoms with Crippen LogP contribution >= 0.6 is 0 Å². The third kappa shape index (κ3) is 2.41. The highest BCUT2D eigenvalue weighted by Crippen LogP contribution is 2.15. The fraction of sp³-hybridized carbons (Fsp3) is 0.818.